The third kappa shape index (κ3) is 30.0. The standard InChI is InChI=1S/2C11H20O2.Zn/c2*1-3-4-5-6-7-8-11(13)9-10(2)12;/h2*9,12H,3-8H2,1-2H3;/b2*10-9-;. The van der Waals surface area contributed by atoms with Gasteiger partial charge in [-0.2, -0.15) is 0 Å². The third-order valence-corrected chi connectivity index (χ3v) is 3.79. The number of carbonyl (C=O) groups is 2. The molecule has 0 aromatic heterocycles. The van der Waals surface area contributed by atoms with Gasteiger partial charge in [-0.05, 0) is 26.7 Å². The Labute approximate surface area is 179 Å². The van der Waals surface area contributed by atoms with Crippen LogP contribution in [0.4, 0.5) is 0 Å². The van der Waals surface area contributed by atoms with Crippen LogP contribution < -0.4 is 0 Å². The Morgan fingerprint density at radius 2 is 0.926 bits per heavy atom. The maximum Gasteiger partial charge on any atom is 0.159 e. The van der Waals surface area contributed by atoms with Crippen molar-refractivity contribution in [3.8, 4) is 0 Å². The van der Waals surface area contributed by atoms with Gasteiger partial charge in [-0.25, -0.2) is 0 Å². The zero-order chi connectivity index (χ0) is 20.2. The van der Waals surface area contributed by atoms with Crippen LogP contribution in [0.25, 0.3) is 0 Å². The minimum absolute atomic E-state index is 0. The SMILES string of the molecule is CCCCCCCC(=O)/C=C(/C)O.CCCCCCCC(=O)/C=C(/C)O.[Zn]. The smallest absolute Gasteiger partial charge is 0.159 e. The van der Waals surface area contributed by atoms with Gasteiger partial charge in [0.1, 0.15) is 0 Å². The van der Waals surface area contributed by atoms with Gasteiger partial charge in [0.15, 0.2) is 11.6 Å². The summed E-state index contributed by atoms with van der Waals surface area (Å²) in [4.78, 5) is 22.1. The van der Waals surface area contributed by atoms with Crippen molar-refractivity contribution in [2.24, 2.45) is 0 Å². The first-order chi connectivity index (χ1) is 12.3. The number of aliphatic hydroxyl groups excluding tert-OH is 2. The van der Waals surface area contributed by atoms with Crippen molar-refractivity contribution in [2.75, 3.05) is 0 Å². The van der Waals surface area contributed by atoms with Gasteiger partial charge in [0.2, 0.25) is 0 Å². The largest absolute Gasteiger partial charge is 0.512 e. The average molecular weight is 434 g/mol. The topological polar surface area (TPSA) is 74.6 Å². The van der Waals surface area contributed by atoms with Crippen molar-refractivity contribution in [1.82, 2.24) is 0 Å². The molecule has 0 saturated heterocycles. The van der Waals surface area contributed by atoms with Crippen molar-refractivity contribution in [1.29, 1.82) is 0 Å². The third-order valence-electron chi connectivity index (χ3n) is 3.79. The molecule has 0 aliphatic heterocycles. The van der Waals surface area contributed by atoms with Crippen LogP contribution >= 0.6 is 0 Å². The first-order valence-electron chi connectivity index (χ1n) is 10.1. The molecular formula is C22H40O4Zn. The van der Waals surface area contributed by atoms with Crippen LogP contribution in [0.2, 0.25) is 0 Å². The molecule has 154 valence electrons. The summed E-state index contributed by atoms with van der Waals surface area (Å²) in [6.45, 7) is 7.38. The molecule has 0 aromatic rings. The number of allylic oxidation sites excluding steroid dienone is 4. The molecule has 0 saturated carbocycles. The van der Waals surface area contributed by atoms with Crippen molar-refractivity contribution >= 4 is 11.6 Å². The van der Waals surface area contributed by atoms with E-state index in [1.807, 2.05) is 0 Å². The fraction of sp³-hybridized carbons (Fsp3) is 0.727. The summed E-state index contributed by atoms with van der Waals surface area (Å²) in [5, 5.41) is 17.6. The number of hydrogen-bond acceptors (Lipinski definition) is 4. The normalized spacial score (nSPS) is 11.3. The average Bonchev–Trinajstić information content (AvgIpc) is 2.53. The Kier molecular flexibility index (Phi) is 26.3. The Morgan fingerprint density at radius 3 is 1.19 bits per heavy atom. The number of hydrogen-bond donors (Lipinski definition) is 2. The maximum atomic E-state index is 11.0. The van der Waals surface area contributed by atoms with E-state index in [0.29, 0.717) is 12.8 Å². The first kappa shape index (κ1) is 30.8. The van der Waals surface area contributed by atoms with Crippen molar-refractivity contribution in [3.63, 3.8) is 0 Å². The van der Waals surface area contributed by atoms with E-state index >= 15 is 0 Å². The van der Waals surface area contributed by atoms with Gasteiger partial charge in [0.25, 0.3) is 0 Å². The molecule has 0 unspecified atom stereocenters. The second-order valence-corrected chi connectivity index (χ2v) is 6.83. The summed E-state index contributed by atoms with van der Waals surface area (Å²) in [5.41, 5.74) is 0. The van der Waals surface area contributed by atoms with Gasteiger partial charge in [-0.15, -0.1) is 0 Å². The summed E-state index contributed by atoms with van der Waals surface area (Å²) >= 11 is 0. The predicted octanol–water partition coefficient (Wildman–Crippen LogP) is 6.75. The molecule has 5 heteroatoms. The quantitative estimate of drug-likeness (QED) is 0.137. The Bertz CT molecular complexity index is 380. The summed E-state index contributed by atoms with van der Waals surface area (Å²) in [7, 11) is 0. The van der Waals surface area contributed by atoms with Crippen molar-refractivity contribution in [2.45, 2.75) is 105 Å². The van der Waals surface area contributed by atoms with E-state index < -0.39 is 0 Å². The molecule has 0 rings (SSSR count). The molecule has 0 heterocycles. The van der Waals surface area contributed by atoms with E-state index in [-0.39, 0.29) is 42.6 Å². The van der Waals surface area contributed by atoms with Crippen LogP contribution in [0.1, 0.15) is 105 Å². The van der Waals surface area contributed by atoms with E-state index in [1.165, 1.54) is 64.5 Å². The fourth-order valence-electron chi connectivity index (χ4n) is 2.42. The predicted molar refractivity (Wildman–Crippen MR) is 110 cm³/mol. The summed E-state index contributed by atoms with van der Waals surface area (Å²) < 4.78 is 0. The fourth-order valence-corrected chi connectivity index (χ4v) is 2.42. The molecule has 0 fully saturated rings. The van der Waals surface area contributed by atoms with Crippen LogP contribution in [0, 0.1) is 0 Å². The van der Waals surface area contributed by atoms with Crippen molar-refractivity contribution in [3.05, 3.63) is 23.7 Å². The second kappa shape index (κ2) is 23.1. The molecule has 27 heavy (non-hydrogen) atoms. The molecule has 2 N–H and O–H groups in total. The van der Waals surface area contributed by atoms with E-state index in [1.54, 1.807) is 0 Å². The van der Waals surface area contributed by atoms with E-state index in [0.717, 1.165) is 25.7 Å². The number of rotatable bonds is 14. The van der Waals surface area contributed by atoms with Crippen LogP contribution in [0.15, 0.2) is 23.7 Å². The molecule has 0 aromatic carbocycles. The summed E-state index contributed by atoms with van der Waals surface area (Å²) in [5.74, 6) is 0.296. The molecular weight excluding hydrogens is 394 g/mol. The minimum Gasteiger partial charge on any atom is -0.512 e. The van der Waals surface area contributed by atoms with E-state index in [2.05, 4.69) is 13.8 Å². The van der Waals surface area contributed by atoms with Gasteiger partial charge < -0.3 is 10.2 Å². The zero-order valence-electron chi connectivity index (χ0n) is 18.1. The number of aliphatic hydroxyl groups is 2. The van der Waals surface area contributed by atoms with Gasteiger partial charge in [0, 0.05) is 44.5 Å². The molecule has 0 aliphatic rings. The molecule has 0 aliphatic carbocycles. The maximum absolute atomic E-state index is 11.0. The van der Waals surface area contributed by atoms with Crippen LogP contribution in [0.5, 0.6) is 0 Å². The Morgan fingerprint density at radius 1 is 0.630 bits per heavy atom. The van der Waals surface area contributed by atoms with E-state index in [9.17, 15) is 9.59 Å². The summed E-state index contributed by atoms with van der Waals surface area (Å²) in [6.07, 6.45) is 15.3. The van der Waals surface area contributed by atoms with Crippen LogP contribution in [-0.4, -0.2) is 21.8 Å². The number of carbonyl (C=O) groups excluding carboxylic acids is 2. The van der Waals surface area contributed by atoms with Gasteiger partial charge >= 0.3 is 0 Å². The number of ketones is 2. The summed E-state index contributed by atoms with van der Waals surface area (Å²) in [6, 6.07) is 0. The first-order valence-corrected chi connectivity index (χ1v) is 10.1. The molecule has 0 amide bonds. The van der Waals surface area contributed by atoms with Crippen LogP contribution in [0.3, 0.4) is 0 Å². The van der Waals surface area contributed by atoms with Crippen LogP contribution in [-0.2, 0) is 29.1 Å². The van der Waals surface area contributed by atoms with E-state index in [4.69, 9.17) is 10.2 Å². The van der Waals surface area contributed by atoms with Gasteiger partial charge in [-0.3, -0.25) is 9.59 Å². The monoisotopic (exact) mass is 432 g/mol. The zero-order valence-corrected chi connectivity index (χ0v) is 21.0. The molecule has 0 spiro atoms. The molecule has 4 nitrogen and oxygen atoms in total. The van der Waals surface area contributed by atoms with Crippen molar-refractivity contribution < 1.29 is 39.3 Å². The molecule has 0 bridgehead atoms. The Balaban J connectivity index is -0.000000411. The second-order valence-electron chi connectivity index (χ2n) is 6.83. The Hall–Kier alpha value is -0.957. The molecule has 0 atom stereocenters. The minimum atomic E-state index is 0. The number of unbranched alkanes of at least 4 members (excludes halogenated alkanes) is 8. The molecule has 0 radical (unpaired) electrons. The van der Waals surface area contributed by atoms with Gasteiger partial charge in [0.05, 0.1) is 11.5 Å². The van der Waals surface area contributed by atoms with Gasteiger partial charge in [-0.1, -0.05) is 65.2 Å².